The fourth-order valence-electron chi connectivity index (χ4n) is 1.69. The summed E-state index contributed by atoms with van der Waals surface area (Å²) in [5.74, 6) is -0.0782. The molecule has 0 saturated carbocycles. The highest BCUT2D eigenvalue weighted by atomic mass is 35.5. The van der Waals surface area contributed by atoms with Crippen molar-refractivity contribution in [2.75, 3.05) is 0 Å². The predicted octanol–water partition coefficient (Wildman–Crippen LogP) is 3.25. The number of phenolic OH excluding ortho intramolecular Hbond substituents is 1. The largest absolute Gasteiger partial charge is 0.507 e. The third kappa shape index (κ3) is 3.75. The monoisotopic (exact) mass is 277 g/mol. The molecule has 1 aromatic carbocycles. The van der Waals surface area contributed by atoms with Gasteiger partial charge in [-0.2, -0.15) is 0 Å². The quantitative estimate of drug-likeness (QED) is 0.774. The minimum Gasteiger partial charge on any atom is -0.507 e. The lowest BCUT2D eigenvalue weighted by Gasteiger charge is -2.21. The van der Waals surface area contributed by atoms with Crippen molar-refractivity contribution < 1.29 is 10.2 Å². The summed E-state index contributed by atoms with van der Waals surface area (Å²) < 4.78 is 0. The zero-order valence-corrected chi connectivity index (χ0v) is 11.2. The number of hydrogen-bond donors (Lipinski definition) is 3. The molecule has 0 heterocycles. The van der Waals surface area contributed by atoms with Crippen molar-refractivity contribution in [2.45, 2.75) is 38.3 Å². The number of aromatic hydroxyl groups is 1. The van der Waals surface area contributed by atoms with Crippen LogP contribution in [0.2, 0.25) is 10.0 Å². The Labute approximate surface area is 111 Å². The maximum Gasteiger partial charge on any atom is 0.123 e. The molecule has 0 unspecified atom stereocenters. The molecule has 0 bridgehead atoms. The Balaban J connectivity index is 2.91. The molecule has 4 N–H and O–H groups in total. The molecule has 0 spiro atoms. The molecule has 0 aliphatic rings. The van der Waals surface area contributed by atoms with Crippen LogP contribution in [0.25, 0.3) is 0 Å². The topological polar surface area (TPSA) is 66.5 Å². The summed E-state index contributed by atoms with van der Waals surface area (Å²) in [5, 5.41) is 20.3. The molecular formula is C12H17Cl2NO2. The second-order valence-corrected chi connectivity index (χ2v) is 4.90. The highest BCUT2D eigenvalue weighted by Gasteiger charge is 2.22. The van der Waals surface area contributed by atoms with E-state index in [1.165, 1.54) is 12.1 Å². The van der Waals surface area contributed by atoms with Gasteiger partial charge in [-0.25, -0.2) is 0 Å². The van der Waals surface area contributed by atoms with Crippen molar-refractivity contribution in [3.05, 3.63) is 27.7 Å². The Morgan fingerprint density at radius 3 is 2.53 bits per heavy atom. The molecule has 17 heavy (non-hydrogen) atoms. The summed E-state index contributed by atoms with van der Waals surface area (Å²) >= 11 is 11.7. The van der Waals surface area contributed by atoms with Crippen LogP contribution in [0.5, 0.6) is 5.75 Å². The highest BCUT2D eigenvalue weighted by Crippen LogP contribution is 2.35. The molecule has 1 aromatic rings. The van der Waals surface area contributed by atoms with E-state index in [1.54, 1.807) is 0 Å². The predicted molar refractivity (Wildman–Crippen MR) is 70.6 cm³/mol. The van der Waals surface area contributed by atoms with Gasteiger partial charge in [0.25, 0.3) is 0 Å². The fourth-order valence-corrected chi connectivity index (χ4v) is 2.30. The van der Waals surface area contributed by atoms with Gasteiger partial charge in [0.2, 0.25) is 0 Å². The molecule has 1 rings (SSSR count). The van der Waals surface area contributed by atoms with E-state index in [-0.39, 0.29) is 10.8 Å². The van der Waals surface area contributed by atoms with E-state index in [4.69, 9.17) is 28.9 Å². The van der Waals surface area contributed by atoms with E-state index in [0.717, 1.165) is 12.8 Å². The van der Waals surface area contributed by atoms with E-state index in [1.807, 2.05) is 6.92 Å². The van der Waals surface area contributed by atoms with Crippen molar-refractivity contribution in [3.63, 3.8) is 0 Å². The van der Waals surface area contributed by atoms with Crippen LogP contribution in [0, 0.1) is 0 Å². The molecule has 0 aromatic heterocycles. The number of aliphatic hydroxyl groups excluding tert-OH is 1. The van der Waals surface area contributed by atoms with Gasteiger partial charge in [-0.1, -0.05) is 43.0 Å². The van der Waals surface area contributed by atoms with Gasteiger partial charge in [0.15, 0.2) is 0 Å². The number of nitrogens with two attached hydrogens (primary N) is 1. The molecule has 0 saturated heterocycles. The lowest BCUT2D eigenvalue weighted by molar-refractivity contribution is 0.131. The van der Waals surface area contributed by atoms with Crippen LogP contribution >= 0.6 is 23.2 Å². The zero-order valence-electron chi connectivity index (χ0n) is 9.66. The first kappa shape index (κ1) is 14.6. The first-order valence-corrected chi connectivity index (χ1v) is 6.34. The molecule has 0 amide bonds. The summed E-state index contributed by atoms with van der Waals surface area (Å²) in [5.41, 5.74) is 6.24. The van der Waals surface area contributed by atoms with Crippen molar-refractivity contribution in [1.29, 1.82) is 0 Å². The first-order valence-electron chi connectivity index (χ1n) is 5.59. The van der Waals surface area contributed by atoms with Gasteiger partial charge in [-0.15, -0.1) is 0 Å². The smallest absolute Gasteiger partial charge is 0.123 e. The second kappa shape index (κ2) is 6.45. The van der Waals surface area contributed by atoms with Crippen molar-refractivity contribution in [2.24, 2.45) is 5.73 Å². The average molecular weight is 278 g/mol. The van der Waals surface area contributed by atoms with Crippen LogP contribution in [-0.2, 0) is 0 Å². The number of unbranched alkanes of at least 4 members (excludes halogenated alkanes) is 1. The Morgan fingerprint density at radius 1 is 1.35 bits per heavy atom. The van der Waals surface area contributed by atoms with E-state index < -0.39 is 12.1 Å². The van der Waals surface area contributed by atoms with Crippen molar-refractivity contribution in [1.82, 2.24) is 0 Å². The summed E-state index contributed by atoms with van der Waals surface area (Å²) in [6.45, 7) is 2.03. The van der Waals surface area contributed by atoms with Gasteiger partial charge in [0, 0.05) is 10.6 Å². The van der Waals surface area contributed by atoms with E-state index in [0.29, 0.717) is 17.0 Å². The van der Waals surface area contributed by atoms with Gasteiger partial charge >= 0.3 is 0 Å². The molecule has 5 heteroatoms. The van der Waals surface area contributed by atoms with E-state index in [2.05, 4.69) is 0 Å². The van der Waals surface area contributed by atoms with Crippen LogP contribution in [0.3, 0.4) is 0 Å². The molecule has 0 aliphatic heterocycles. The van der Waals surface area contributed by atoms with Crippen LogP contribution in [-0.4, -0.2) is 16.3 Å². The first-order chi connectivity index (χ1) is 7.97. The normalized spacial score (nSPS) is 14.6. The fraction of sp³-hybridized carbons (Fsp3) is 0.500. The molecule has 0 aliphatic carbocycles. The number of aliphatic hydroxyl groups is 1. The second-order valence-electron chi connectivity index (χ2n) is 4.06. The Morgan fingerprint density at radius 2 is 2.00 bits per heavy atom. The van der Waals surface area contributed by atoms with E-state index in [9.17, 15) is 10.2 Å². The molecular weight excluding hydrogens is 261 g/mol. The van der Waals surface area contributed by atoms with Gasteiger partial charge in [-0.3, -0.25) is 0 Å². The standard InChI is InChI=1S/C12H17Cl2NO2/c1-2-3-4-9(16)12(15)11-8(14)5-7(13)6-10(11)17/h5-6,9,12,16-17H,2-4,15H2,1H3/t9-,12-/m1/s1. The average Bonchev–Trinajstić information content (AvgIpc) is 2.24. The van der Waals surface area contributed by atoms with Crippen LogP contribution in [0.1, 0.15) is 37.8 Å². The Hall–Kier alpha value is -0.480. The molecule has 3 nitrogen and oxygen atoms in total. The summed E-state index contributed by atoms with van der Waals surface area (Å²) in [6, 6.07) is 2.17. The van der Waals surface area contributed by atoms with E-state index >= 15 is 0 Å². The van der Waals surface area contributed by atoms with Crippen LogP contribution in [0.4, 0.5) is 0 Å². The molecule has 0 fully saturated rings. The minimum absolute atomic E-state index is 0.0782. The Kier molecular flexibility index (Phi) is 5.53. The van der Waals surface area contributed by atoms with Crippen molar-refractivity contribution in [3.8, 4) is 5.75 Å². The maximum absolute atomic E-state index is 9.89. The van der Waals surface area contributed by atoms with Gasteiger partial charge in [0.05, 0.1) is 17.2 Å². The van der Waals surface area contributed by atoms with Crippen molar-refractivity contribution >= 4 is 23.2 Å². The number of halogens is 2. The number of rotatable bonds is 5. The van der Waals surface area contributed by atoms with Gasteiger partial charge in [0.1, 0.15) is 5.75 Å². The molecule has 2 atom stereocenters. The minimum atomic E-state index is -0.723. The lowest BCUT2D eigenvalue weighted by Crippen LogP contribution is -2.26. The number of benzene rings is 1. The lowest BCUT2D eigenvalue weighted by atomic mass is 9.97. The number of phenols is 1. The highest BCUT2D eigenvalue weighted by molar-refractivity contribution is 6.35. The van der Waals surface area contributed by atoms with Crippen LogP contribution < -0.4 is 5.73 Å². The van der Waals surface area contributed by atoms with Gasteiger partial charge < -0.3 is 15.9 Å². The maximum atomic E-state index is 9.89. The SMILES string of the molecule is CCCC[C@@H](O)[C@@H](N)c1c(O)cc(Cl)cc1Cl. The summed E-state index contributed by atoms with van der Waals surface area (Å²) in [7, 11) is 0. The number of hydrogen-bond acceptors (Lipinski definition) is 3. The van der Waals surface area contributed by atoms with Crippen LogP contribution in [0.15, 0.2) is 12.1 Å². The molecule has 96 valence electrons. The van der Waals surface area contributed by atoms with Gasteiger partial charge in [-0.05, 0) is 18.6 Å². The third-order valence-electron chi connectivity index (χ3n) is 2.67. The Bertz CT molecular complexity index is 362. The summed E-state index contributed by atoms with van der Waals surface area (Å²) in [6.07, 6.45) is 1.71. The third-order valence-corrected chi connectivity index (χ3v) is 3.20. The zero-order chi connectivity index (χ0) is 13.0. The molecule has 0 radical (unpaired) electrons. The summed E-state index contributed by atoms with van der Waals surface area (Å²) in [4.78, 5) is 0.